The molecule has 0 spiro atoms. The number of nitrogens with one attached hydrogen (secondary N) is 1. The van der Waals surface area contributed by atoms with Gasteiger partial charge in [0, 0.05) is 43.6 Å². The molecule has 1 N–H and O–H groups in total. The van der Waals surface area contributed by atoms with Crippen LogP contribution in [0.5, 0.6) is 0 Å². The molecule has 0 bridgehead atoms. The lowest BCUT2D eigenvalue weighted by atomic mass is 10.00. The van der Waals surface area contributed by atoms with Gasteiger partial charge in [-0.15, -0.1) is 11.3 Å². The first-order valence-corrected chi connectivity index (χ1v) is 8.95. The summed E-state index contributed by atoms with van der Waals surface area (Å²) < 4.78 is 0. The second-order valence-corrected chi connectivity index (χ2v) is 7.14. The molecule has 2 aliphatic rings. The third-order valence-corrected chi connectivity index (χ3v) is 5.74. The van der Waals surface area contributed by atoms with E-state index in [1.54, 1.807) is 4.88 Å². The van der Waals surface area contributed by atoms with Gasteiger partial charge in [-0.1, -0.05) is 12.5 Å². The number of hydrogen-bond donors (Lipinski definition) is 1. The monoisotopic (exact) mass is 293 g/mol. The van der Waals surface area contributed by atoms with Crippen molar-refractivity contribution in [3.63, 3.8) is 0 Å². The molecule has 2 saturated heterocycles. The molecular weight excluding hydrogens is 266 g/mol. The zero-order chi connectivity index (χ0) is 13.8. The highest BCUT2D eigenvalue weighted by molar-refractivity contribution is 7.10. The van der Waals surface area contributed by atoms with Gasteiger partial charge in [0.05, 0.1) is 6.04 Å². The van der Waals surface area contributed by atoms with Crippen LogP contribution in [-0.4, -0.2) is 55.1 Å². The molecule has 2 unspecified atom stereocenters. The lowest BCUT2D eigenvalue weighted by molar-refractivity contribution is 0.0740. The van der Waals surface area contributed by atoms with Crippen molar-refractivity contribution in [1.29, 1.82) is 0 Å². The first kappa shape index (κ1) is 14.5. The predicted molar refractivity (Wildman–Crippen MR) is 86.4 cm³/mol. The van der Waals surface area contributed by atoms with Crippen molar-refractivity contribution in [3.8, 4) is 0 Å². The maximum atomic E-state index is 3.46. The minimum atomic E-state index is 0.600. The van der Waals surface area contributed by atoms with Crippen molar-refractivity contribution in [2.45, 2.75) is 38.3 Å². The topological polar surface area (TPSA) is 18.5 Å². The van der Waals surface area contributed by atoms with E-state index in [-0.39, 0.29) is 0 Å². The van der Waals surface area contributed by atoms with Gasteiger partial charge in [0.25, 0.3) is 0 Å². The van der Waals surface area contributed by atoms with E-state index in [9.17, 15) is 0 Å². The van der Waals surface area contributed by atoms with Crippen LogP contribution in [0.4, 0.5) is 0 Å². The van der Waals surface area contributed by atoms with E-state index in [4.69, 9.17) is 0 Å². The summed E-state index contributed by atoms with van der Waals surface area (Å²) in [6.45, 7) is 9.58. The van der Waals surface area contributed by atoms with Crippen molar-refractivity contribution in [1.82, 2.24) is 15.1 Å². The Morgan fingerprint density at radius 1 is 1.30 bits per heavy atom. The molecule has 1 aromatic heterocycles. The molecule has 112 valence electrons. The Bertz CT molecular complexity index is 386. The van der Waals surface area contributed by atoms with Gasteiger partial charge in [0.15, 0.2) is 0 Å². The molecule has 0 aliphatic carbocycles. The first-order valence-electron chi connectivity index (χ1n) is 8.07. The molecule has 0 aromatic carbocycles. The summed E-state index contributed by atoms with van der Waals surface area (Å²) in [6, 6.07) is 5.88. The number of piperidine rings is 1. The van der Waals surface area contributed by atoms with Crippen molar-refractivity contribution in [2.24, 2.45) is 0 Å². The van der Waals surface area contributed by atoms with E-state index in [1.165, 1.54) is 45.4 Å². The van der Waals surface area contributed by atoms with Crippen LogP contribution >= 0.6 is 11.3 Å². The smallest absolute Gasteiger partial charge is 0.0571 e. The second kappa shape index (κ2) is 7.03. The van der Waals surface area contributed by atoms with Crippen LogP contribution in [0.25, 0.3) is 0 Å². The molecule has 1 aromatic rings. The van der Waals surface area contributed by atoms with Gasteiger partial charge in [0.2, 0.25) is 0 Å². The number of nitrogens with zero attached hydrogens (tertiary/aromatic N) is 2. The first-order chi connectivity index (χ1) is 9.84. The van der Waals surface area contributed by atoms with Gasteiger partial charge < -0.3 is 5.32 Å². The van der Waals surface area contributed by atoms with Gasteiger partial charge >= 0.3 is 0 Å². The van der Waals surface area contributed by atoms with Gasteiger partial charge in [-0.3, -0.25) is 9.80 Å². The molecule has 0 saturated carbocycles. The van der Waals surface area contributed by atoms with Crippen molar-refractivity contribution >= 4 is 11.3 Å². The lowest BCUT2D eigenvalue weighted by Crippen LogP contribution is -2.49. The number of rotatable bonds is 4. The maximum absolute atomic E-state index is 3.46. The Morgan fingerprint density at radius 3 is 2.85 bits per heavy atom. The highest BCUT2D eigenvalue weighted by atomic mass is 32.1. The molecule has 2 fully saturated rings. The lowest BCUT2D eigenvalue weighted by Gasteiger charge is -2.42. The van der Waals surface area contributed by atoms with Crippen LogP contribution in [0.15, 0.2) is 17.5 Å². The minimum absolute atomic E-state index is 0.600. The Morgan fingerprint density at radius 2 is 2.15 bits per heavy atom. The Kier molecular flexibility index (Phi) is 5.10. The molecular formula is C16H27N3S. The largest absolute Gasteiger partial charge is 0.314 e. The number of hydrogen-bond acceptors (Lipinski definition) is 4. The molecule has 3 heterocycles. The van der Waals surface area contributed by atoms with E-state index in [2.05, 4.69) is 39.6 Å². The fraction of sp³-hybridized carbons (Fsp3) is 0.750. The van der Waals surface area contributed by atoms with Crippen LogP contribution in [-0.2, 0) is 0 Å². The van der Waals surface area contributed by atoms with E-state index in [0.717, 1.165) is 19.1 Å². The summed E-state index contributed by atoms with van der Waals surface area (Å²) in [5.74, 6) is 0. The van der Waals surface area contributed by atoms with E-state index in [1.807, 2.05) is 11.3 Å². The van der Waals surface area contributed by atoms with Crippen molar-refractivity contribution in [2.75, 3.05) is 39.3 Å². The number of likely N-dealkylation sites (tertiary alicyclic amines) is 1. The second-order valence-electron chi connectivity index (χ2n) is 6.16. The van der Waals surface area contributed by atoms with Crippen LogP contribution in [0.2, 0.25) is 0 Å². The average molecular weight is 293 g/mol. The zero-order valence-corrected chi connectivity index (χ0v) is 13.4. The Labute approximate surface area is 127 Å². The van der Waals surface area contributed by atoms with Crippen LogP contribution in [0.3, 0.4) is 0 Å². The molecule has 4 heteroatoms. The fourth-order valence-electron chi connectivity index (χ4n) is 3.56. The van der Waals surface area contributed by atoms with Gasteiger partial charge in [-0.05, 0) is 37.8 Å². The minimum Gasteiger partial charge on any atom is -0.314 e. The Balaban J connectivity index is 1.73. The fourth-order valence-corrected chi connectivity index (χ4v) is 4.40. The highest BCUT2D eigenvalue weighted by Gasteiger charge is 2.29. The molecule has 3 rings (SSSR count). The summed E-state index contributed by atoms with van der Waals surface area (Å²) in [5.41, 5.74) is 0. The Hall–Kier alpha value is -0.420. The van der Waals surface area contributed by atoms with Crippen molar-refractivity contribution in [3.05, 3.63) is 22.4 Å². The normalized spacial score (nSPS) is 27.6. The van der Waals surface area contributed by atoms with Crippen LogP contribution < -0.4 is 5.32 Å². The van der Waals surface area contributed by atoms with Crippen LogP contribution in [0.1, 0.15) is 37.1 Å². The summed E-state index contributed by atoms with van der Waals surface area (Å²) >= 11 is 1.93. The average Bonchev–Trinajstić information content (AvgIpc) is 3.01. The summed E-state index contributed by atoms with van der Waals surface area (Å²) in [7, 11) is 0. The number of thiophene rings is 1. The highest BCUT2D eigenvalue weighted by Crippen LogP contribution is 2.31. The van der Waals surface area contributed by atoms with Gasteiger partial charge in [-0.25, -0.2) is 0 Å². The van der Waals surface area contributed by atoms with E-state index < -0.39 is 0 Å². The predicted octanol–water partition coefficient (Wildman–Crippen LogP) is 2.57. The summed E-state index contributed by atoms with van der Waals surface area (Å²) in [4.78, 5) is 6.96. The van der Waals surface area contributed by atoms with Gasteiger partial charge in [-0.2, -0.15) is 0 Å². The maximum Gasteiger partial charge on any atom is 0.0571 e. The van der Waals surface area contributed by atoms with Gasteiger partial charge in [0.1, 0.15) is 0 Å². The molecule has 2 atom stereocenters. The molecule has 0 radical (unpaired) electrons. The quantitative estimate of drug-likeness (QED) is 0.920. The summed E-state index contributed by atoms with van der Waals surface area (Å²) in [5, 5.41) is 5.69. The van der Waals surface area contributed by atoms with Crippen LogP contribution in [0, 0.1) is 0 Å². The SMILES string of the molecule is CC1CCCCN1C(CN1CCNCC1)c1cccs1. The van der Waals surface area contributed by atoms with E-state index >= 15 is 0 Å². The third-order valence-electron chi connectivity index (χ3n) is 4.77. The van der Waals surface area contributed by atoms with E-state index in [0.29, 0.717) is 6.04 Å². The third kappa shape index (κ3) is 3.42. The molecule has 3 nitrogen and oxygen atoms in total. The number of piperazine rings is 1. The van der Waals surface area contributed by atoms with Crippen molar-refractivity contribution < 1.29 is 0 Å². The zero-order valence-electron chi connectivity index (χ0n) is 12.6. The molecule has 20 heavy (non-hydrogen) atoms. The standard InChI is InChI=1S/C16H27N3S/c1-14-5-2-3-9-19(14)15(16-6-4-12-20-16)13-18-10-7-17-8-11-18/h4,6,12,14-15,17H,2-3,5,7-11,13H2,1H3. The molecule has 2 aliphatic heterocycles. The molecule has 0 amide bonds. The summed E-state index contributed by atoms with van der Waals surface area (Å²) in [6.07, 6.45) is 4.14.